The van der Waals surface area contributed by atoms with Gasteiger partial charge in [0.25, 0.3) is 0 Å². The zero-order valence-electron chi connectivity index (χ0n) is 4.91. The molecule has 0 bridgehead atoms. The number of H-pyrrole nitrogens is 1. The molecule has 0 fully saturated rings. The number of alkyl halides is 1. The van der Waals surface area contributed by atoms with Crippen LogP contribution in [0.25, 0.3) is 0 Å². The number of hydrogen-bond acceptors (Lipinski definition) is 1. The molecule has 0 radical (unpaired) electrons. The van der Waals surface area contributed by atoms with Crippen LogP contribution in [0.4, 0.5) is 0 Å². The maximum absolute atomic E-state index is 5.79. The van der Waals surface area contributed by atoms with Crippen LogP contribution in [0.15, 0.2) is 0 Å². The fraction of sp³-hybridized carbons (Fsp3) is 0.400. The summed E-state index contributed by atoms with van der Waals surface area (Å²) in [6.45, 7) is 1.89. The van der Waals surface area contributed by atoms with E-state index in [1.807, 2.05) is 6.92 Å². The van der Waals surface area contributed by atoms with Gasteiger partial charge in [0.2, 0.25) is 0 Å². The van der Waals surface area contributed by atoms with Crippen LogP contribution >= 0.6 is 27.5 Å². The molecule has 0 saturated carbocycles. The van der Waals surface area contributed by atoms with Crippen molar-refractivity contribution in [2.75, 3.05) is 0 Å². The molecule has 0 spiro atoms. The quantitative estimate of drug-likeness (QED) is 0.706. The minimum Gasteiger partial charge on any atom is -0.281 e. The van der Waals surface area contributed by atoms with Crippen molar-refractivity contribution in [3.63, 3.8) is 0 Å². The van der Waals surface area contributed by atoms with E-state index in [4.69, 9.17) is 11.6 Å². The Morgan fingerprint density at radius 3 is 2.67 bits per heavy atom. The molecule has 4 heteroatoms. The second-order valence-electron chi connectivity index (χ2n) is 1.74. The van der Waals surface area contributed by atoms with E-state index in [0.717, 1.165) is 16.4 Å². The van der Waals surface area contributed by atoms with Crippen LogP contribution in [0.5, 0.6) is 0 Å². The highest BCUT2D eigenvalue weighted by atomic mass is 79.9. The molecular formula is C5H6BrClN2. The predicted molar refractivity (Wildman–Crippen MR) is 41.0 cm³/mol. The Kier molecular flexibility index (Phi) is 2.13. The van der Waals surface area contributed by atoms with Crippen LogP contribution in [0.3, 0.4) is 0 Å². The van der Waals surface area contributed by atoms with E-state index in [9.17, 15) is 0 Å². The number of nitrogens with zero attached hydrogens (tertiary/aromatic N) is 1. The van der Waals surface area contributed by atoms with E-state index in [-0.39, 0.29) is 0 Å². The van der Waals surface area contributed by atoms with Crippen molar-refractivity contribution in [3.05, 3.63) is 16.4 Å². The van der Waals surface area contributed by atoms with Crippen molar-refractivity contribution >= 4 is 27.5 Å². The lowest BCUT2D eigenvalue weighted by Crippen LogP contribution is -1.75. The van der Waals surface area contributed by atoms with Gasteiger partial charge < -0.3 is 0 Å². The molecule has 1 rings (SSSR count). The van der Waals surface area contributed by atoms with Crippen LogP contribution in [0.1, 0.15) is 11.4 Å². The van der Waals surface area contributed by atoms with E-state index in [1.165, 1.54) is 0 Å². The highest BCUT2D eigenvalue weighted by molar-refractivity contribution is 9.08. The molecule has 0 aliphatic heterocycles. The molecule has 50 valence electrons. The van der Waals surface area contributed by atoms with E-state index < -0.39 is 0 Å². The average molecular weight is 209 g/mol. The summed E-state index contributed by atoms with van der Waals surface area (Å²) in [5, 5.41) is 8.14. The minimum atomic E-state index is 0.705. The summed E-state index contributed by atoms with van der Waals surface area (Å²) in [4.78, 5) is 0. The number of rotatable bonds is 1. The van der Waals surface area contributed by atoms with Gasteiger partial charge in [-0.15, -0.1) is 0 Å². The third-order valence-electron chi connectivity index (χ3n) is 1.07. The average Bonchev–Trinajstić information content (AvgIpc) is 2.15. The van der Waals surface area contributed by atoms with Crippen LogP contribution < -0.4 is 0 Å². The summed E-state index contributed by atoms with van der Waals surface area (Å²) in [5.74, 6) is 0. The van der Waals surface area contributed by atoms with Crippen molar-refractivity contribution in [3.8, 4) is 0 Å². The Balaban J connectivity index is 3.04. The summed E-state index contributed by atoms with van der Waals surface area (Å²) in [6, 6.07) is 0. The fourth-order valence-corrected chi connectivity index (χ4v) is 1.27. The zero-order valence-corrected chi connectivity index (χ0v) is 7.25. The first kappa shape index (κ1) is 7.09. The molecule has 0 aliphatic carbocycles. The summed E-state index contributed by atoms with van der Waals surface area (Å²) in [7, 11) is 0. The largest absolute Gasteiger partial charge is 0.281 e. The molecular weight excluding hydrogens is 203 g/mol. The number of aromatic nitrogens is 2. The highest BCUT2D eigenvalue weighted by Gasteiger charge is 2.03. The third-order valence-corrected chi connectivity index (χ3v) is 2.10. The maximum Gasteiger partial charge on any atom is 0.0916 e. The van der Waals surface area contributed by atoms with Crippen LogP contribution in [0.2, 0.25) is 5.02 Å². The van der Waals surface area contributed by atoms with Crippen molar-refractivity contribution in [2.45, 2.75) is 12.3 Å². The lowest BCUT2D eigenvalue weighted by atomic mass is 10.4. The van der Waals surface area contributed by atoms with E-state index in [1.54, 1.807) is 0 Å². The van der Waals surface area contributed by atoms with Crippen molar-refractivity contribution in [1.82, 2.24) is 10.2 Å². The first-order valence-electron chi connectivity index (χ1n) is 2.51. The smallest absolute Gasteiger partial charge is 0.0916 e. The number of hydrogen-bond donors (Lipinski definition) is 1. The van der Waals surface area contributed by atoms with E-state index >= 15 is 0 Å². The van der Waals surface area contributed by atoms with Gasteiger partial charge in [-0.3, -0.25) is 5.10 Å². The van der Waals surface area contributed by atoms with E-state index in [2.05, 4.69) is 26.1 Å². The molecule has 0 saturated heterocycles. The second kappa shape index (κ2) is 2.71. The fourth-order valence-electron chi connectivity index (χ4n) is 0.554. The van der Waals surface area contributed by atoms with Gasteiger partial charge in [-0.25, -0.2) is 0 Å². The molecule has 1 aromatic heterocycles. The summed E-state index contributed by atoms with van der Waals surface area (Å²) < 4.78 is 0. The van der Waals surface area contributed by atoms with Crippen LogP contribution in [-0.2, 0) is 5.33 Å². The molecule has 0 aliphatic rings. The molecule has 0 aromatic carbocycles. The zero-order chi connectivity index (χ0) is 6.85. The first-order valence-corrected chi connectivity index (χ1v) is 4.01. The van der Waals surface area contributed by atoms with Gasteiger partial charge in [0, 0.05) is 5.33 Å². The number of aryl methyl sites for hydroxylation is 1. The van der Waals surface area contributed by atoms with Gasteiger partial charge in [-0.1, -0.05) is 27.5 Å². The lowest BCUT2D eigenvalue weighted by molar-refractivity contribution is 1.01. The first-order chi connectivity index (χ1) is 4.25. The third kappa shape index (κ3) is 1.27. The minimum absolute atomic E-state index is 0.705. The molecule has 1 N–H and O–H groups in total. The van der Waals surface area contributed by atoms with Crippen LogP contribution in [-0.4, -0.2) is 10.2 Å². The van der Waals surface area contributed by atoms with Crippen molar-refractivity contribution in [1.29, 1.82) is 0 Å². The molecule has 0 amide bonds. The van der Waals surface area contributed by atoms with Crippen molar-refractivity contribution < 1.29 is 0 Å². The van der Waals surface area contributed by atoms with Gasteiger partial charge >= 0.3 is 0 Å². The van der Waals surface area contributed by atoms with Gasteiger partial charge in [0.1, 0.15) is 0 Å². The van der Waals surface area contributed by atoms with Gasteiger partial charge in [0.15, 0.2) is 0 Å². The Morgan fingerprint density at radius 1 is 1.78 bits per heavy atom. The molecule has 9 heavy (non-hydrogen) atoms. The van der Waals surface area contributed by atoms with Gasteiger partial charge in [-0.05, 0) is 6.92 Å². The molecule has 0 atom stereocenters. The molecule has 1 heterocycles. The maximum atomic E-state index is 5.79. The molecule has 0 unspecified atom stereocenters. The topological polar surface area (TPSA) is 28.7 Å². The molecule has 2 nitrogen and oxygen atoms in total. The van der Waals surface area contributed by atoms with Gasteiger partial charge in [-0.2, -0.15) is 5.10 Å². The number of nitrogens with one attached hydrogen (secondary N) is 1. The summed E-state index contributed by atoms with van der Waals surface area (Å²) >= 11 is 9.04. The Labute approximate surface area is 66.7 Å². The standard InChI is InChI=1S/C5H6BrClN2/c1-3-5(7)4(2-6)9-8-3/h2H2,1H3,(H,8,9). The summed E-state index contributed by atoms with van der Waals surface area (Å²) in [5.41, 5.74) is 1.79. The summed E-state index contributed by atoms with van der Waals surface area (Å²) in [6.07, 6.45) is 0. The monoisotopic (exact) mass is 208 g/mol. The lowest BCUT2D eigenvalue weighted by Gasteiger charge is -1.84. The Bertz CT molecular complexity index is 209. The normalized spacial score (nSPS) is 10.1. The Morgan fingerprint density at radius 2 is 2.44 bits per heavy atom. The predicted octanol–water partition coefficient (Wildman–Crippen LogP) is 2.27. The van der Waals surface area contributed by atoms with Crippen LogP contribution in [0, 0.1) is 6.92 Å². The van der Waals surface area contributed by atoms with Crippen molar-refractivity contribution in [2.24, 2.45) is 0 Å². The van der Waals surface area contributed by atoms with Gasteiger partial charge in [0.05, 0.1) is 16.4 Å². The number of halogens is 2. The van der Waals surface area contributed by atoms with E-state index in [0.29, 0.717) is 5.33 Å². The Hall–Kier alpha value is -0.0200. The SMILES string of the molecule is Cc1[nH]nc(CBr)c1Cl. The second-order valence-corrected chi connectivity index (χ2v) is 2.68. The molecule has 1 aromatic rings. The highest BCUT2D eigenvalue weighted by Crippen LogP contribution is 2.18. The number of aromatic amines is 1.